The molecule has 1 aromatic carbocycles. The van der Waals surface area contributed by atoms with Gasteiger partial charge in [0.15, 0.2) is 0 Å². The second-order valence-electron chi connectivity index (χ2n) is 4.98. The van der Waals surface area contributed by atoms with Gasteiger partial charge in [-0.25, -0.2) is 8.42 Å². The Morgan fingerprint density at radius 2 is 1.95 bits per heavy atom. The summed E-state index contributed by atoms with van der Waals surface area (Å²) in [5.41, 5.74) is 0. The fourth-order valence-electron chi connectivity index (χ4n) is 2.54. The maximum absolute atomic E-state index is 12.8. The number of methoxy groups -OCH3 is 2. The van der Waals surface area contributed by atoms with Crippen LogP contribution in [-0.4, -0.2) is 39.5 Å². The van der Waals surface area contributed by atoms with E-state index in [0.717, 1.165) is 19.3 Å². The first-order chi connectivity index (χ1) is 9.50. The lowest BCUT2D eigenvalue weighted by Gasteiger charge is -2.32. The third-order valence-electron chi connectivity index (χ3n) is 3.70. The van der Waals surface area contributed by atoms with Crippen molar-refractivity contribution in [3.63, 3.8) is 0 Å². The molecule has 1 heterocycles. The summed E-state index contributed by atoms with van der Waals surface area (Å²) in [6.07, 6.45) is 2.86. The Morgan fingerprint density at radius 1 is 1.20 bits per heavy atom. The summed E-state index contributed by atoms with van der Waals surface area (Å²) in [6, 6.07) is 4.86. The van der Waals surface area contributed by atoms with E-state index >= 15 is 0 Å². The molecule has 6 heteroatoms. The molecule has 112 valence electrons. The number of nitrogens with zero attached hydrogens (tertiary/aromatic N) is 1. The minimum absolute atomic E-state index is 0.0182. The molecular formula is C14H21NO4S. The Labute approximate surface area is 120 Å². The van der Waals surface area contributed by atoms with E-state index in [0.29, 0.717) is 18.0 Å². The zero-order valence-electron chi connectivity index (χ0n) is 12.1. The van der Waals surface area contributed by atoms with Crippen LogP contribution in [0.15, 0.2) is 23.1 Å². The van der Waals surface area contributed by atoms with E-state index in [2.05, 4.69) is 0 Å². The van der Waals surface area contributed by atoms with E-state index in [1.807, 2.05) is 6.92 Å². The molecule has 2 rings (SSSR count). The van der Waals surface area contributed by atoms with Gasteiger partial charge in [-0.2, -0.15) is 4.31 Å². The van der Waals surface area contributed by atoms with Gasteiger partial charge in [-0.05, 0) is 31.9 Å². The van der Waals surface area contributed by atoms with Crippen molar-refractivity contribution in [2.45, 2.75) is 37.1 Å². The van der Waals surface area contributed by atoms with Gasteiger partial charge in [0.25, 0.3) is 0 Å². The van der Waals surface area contributed by atoms with Crippen LogP contribution in [0, 0.1) is 0 Å². The molecule has 0 amide bonds. The second kappa shape index (κ2) is 6.01. The van der Waals surface area contributed by atoms with Gasteiger partial charge >= 0.3 is 0 Å². The Bertz CT molecular complexity index is 571. The van der Waals surface area contributed by atoms with Crippen molar-refractivity contribution in [1.29, 1.82) is 0 Å². The van der Waals surface area contributed by atoms with Crippen LogP contribution in [0.3, 0.4) is 0 Å². The lowest BCUT2D eigenvalue weighted by atomic mass is 10.1. The first-order valence-corrected chi connectivity index (χ1v) is 8.18. The molecule has 0 saturated carbocycles. The molecule has 0 aromatic heterocycles. The van der Waals surface area contributed by atoms with E-state index in [-0.39, 0.29) is 10.9 Å². The first kappa shape index (κ1) is 15.1. The highest BCUT2D eigenvalue weighted by atomic mass is 32.2. The lowest BCUT2D eigenvalue weighted by molar-refractivity contribution is 0.267. The molecule has 1 aliphatic rings. The summed E-state index contributed by atoms with van der Waals surface area (Å²) in [5, 5.41) is 0. The SMILES string of the molecule is COc1ccc(OC)c(S(=O)(=O)N2CCCC[C@@H]2C)c1. The summed E-state index contributed by atoms with van der Waals surface area (Å²) in [7, 11) is -0.570. The van der Waals surface area contributed by atoms with E-state index in [1.54, 1.807) is 16.4 Å². The van der Waals surface area contributed by atoms with Crippen molar-refractivity contribution in [2.24, 2.45) is 0 Å². The zero-order valence-corrected chi connectivity index (χ0v) is 12.9. The summed E-state index contributed by atoms with van der Waals surface area (Å²) in [4.78, 5) is 0.174. The largest absolute Gasteiger partial charge is 0.497 e. The Morgan fingerprint density at radius 3 is 2.55 bits per heavy atom. The number of hydrogen-bond acceptors (Lipinski definition) is 4. The highest BCUT2D eigenvalue weighted by Gasteiger charge is 2.33. The van der Waals surface area contributed by atoms with E-state index < -0.39 is 10.0 Å². The normalized spacial score (nSPS) is 20.6. The van der Waals surface area contributed by atoms with Crippen LogP contribution in [0.25, 0.3) is 0 Å². The smallest absolute Gasteiger partial charge is 0.247 e. The molecule has 1 fully saturated rings. The summed E-state index contributed by atoms with van der Waals surface area (Å²) in [5.74, 6) is 0.859. The molecule has 20 heavy (non-hydrogen) atoms. The number of sulfonamides is 1. The molecular weight excluding hydrogens is 278 g/mol. The fraction of sp³-hybridized carbons (Fsp3) is 0.571. The average molecular weight is 299 g/mol. The molecule has 0 radical (unpaired) electrons. The van der Waals surface area contributed by atoms with Gasteiger partial charge in [-0.3, -0.25) is 0 Å². The number of benzene rings is 1. The highest BCUT2D eigenvalue weighted by Crippen LogP contribution is 2.33. The number of ether oxygens (including phenoxy) is 2. The molecule has 1 atom stereocenters. The minimum Gasteiger partial charge on any atom is -0.497 e. The maximum Gasteiger partial charge on any atom is 0.247 e. The predicted molar refractivity (Wildman–Crippen MR) is 76.8 cm³/mol. The quantitative estimate of drug-likeness (QED) is 0.856. The third-order valence-corrected chi connectivity index (χ3v) is 5.73. The van der Waals surface area contributed by atoms with Crippen molar-refractivity contribution < 1.29 is 17.9 Å². The van der Waals surface area contributed by atoms with Crippen LogP contribution in [0.1, 0.15) is 26.2 Å². The van der Waals surface area contributed by atoms with Crippen LogP contribution in [0.4, 0.5) is 0 Å². The Balaban J connectivity index is 2.47. The second-order valence-corrected chi connectivity index (χ2v) is 6.84. The number of piperidine rings is 1. The van der Waals surface area contributed by atoms with Crippen LogP contribution in [-0.2, 0) is 10.0 Å². The van der Waals surface area contributed by atoms with Gasteiger partial charge in [0, 0.05) is 18.7 Å². The van der Waals surface area contributed by atoms with E-state index in [9.17, 15) is 8.42 Å². The van der Waals surface area contributed by atoms with Crippen molar-refractivity contribution in [2.75, 3.05) is 20.8 Å². The summed E-state index contributed by atoms with van der Waals surface area (Å²) in [6.45, 7) is 2.51. The number of rotatable bonds is 4. The number of hydrogen-bond donors (Lipinski definition) is 0. The third kappa shape index (κ3) is 2.76. The Kier molecular flexibility index (Phi) is 4.55. The molecule has 0 unspecified atom stereocenters. The molecule has 1 aliphatic heterocycles. The fourth-order valence-corrected chi connectivity index (χ4v) is 4.41. The topological polar surface area (TPSA) is 55.8 Å². The van der Waals surface area contributed by atoms with E-state index in [1.165, 1.54) is 20.3 Å². The summed E-state index contributed by atoms with van der Waals surface area (Å²) >= 11 is 0. The molecule has 1 aromatic rings. The van der Waals surface area contributed by atoms with Gasteiger partial charge in [0.05, 0.1) is 14.2 Å². The van der Waals surface area contributed by atoms with Gasteiger partial charge in [0.2, 0.25) is 10.0 Å². The highest BCUT2D eigenvalue weighted by molar-refractivity contribution is 7.89. The van der Waals surface area contributed by atoms with Crippen molar-refractivity contribution in [3.05, 3.63) is 18.2 Å². The predicted octanol–water partition coefficient (Wildman–Crippen LogP) is 2.27. The van der Waals surface area contributed by atoms with Crippen LogP contribution in [0.2, 0.25) is 0 Å². The Hall–Kier alpha value is -1.27. The maximum atomic E-state index is 12.8. The standard InChI is InChI=1S/C14H21NO4S/c1-11-6-4-5-9-15(11)20(16,17)14-10-12(18-2)7-8-13(14)19-3/h7-8,10-11H,4-6,9H2,1-3H3/t11-/m0/s1. The average Bonchev–Trinajstić information content (AvgIpc) is 2.46. The van der Waals surface area contributed by atoms with E-state index in [4.69, 9.17) is 9.47 Å². The van der Waals surface area contributed by atoms with Crippen LogP contribution in [0.5, 0.6) is 11.5 Å². The monoisotopic (exact) mass is 299 g/mol. The molecule has 1 saturated heterocycles. The van der Waals surface area contributed by atoms with Crippen LogP contribution >= 0.6 is 0 Å². The molecule has 5 nitrogen and oxygen atoms in total. The van der Waals surface area contributed by atoms with Gasteiger partial charge in [-0.1, -0.05) is 6.42 Å². The van der Waals surface area contributed by atoms with Gasteiger partial charge < -0.3 is 9.47 Å². The molecule has 0 spiro atoms. The molecule has 0 N–H and O–H groups in total. The van der Waals surface area contributed by atoms with Crippen molar-refractivity contribution in [1.82, 2.24) is 4.31 Å². The minimum atomic E-state index is -3.56. The molecule has 0 aliphatic carbocycles. The first-order valence-electron chi connectivity index (χ1n) is 6.74. The lowest BCUT2D eigenvalue weighted by Crippen LogP contribution is -2.42. The van der Waals surface area contributed by atoms with Crippen LogP contribution < -0.4 is 9.47 Å². The zero-order chi connectivity index (χ0) is 14.8. The summed E-state index contributed by atoms with van der Waals surface area (Å²) < 4.78 is 37.6. The van der Waals surface area contributed by atoms with Crippen molar-refractivity contribution in [3.8, 4) is 11.5 Å². The van der Waals surface area contributed by atoms with Crippen molar-refractivity contribution >= 4 is 10.0 Å². The van der Waals surface area contributed by atoms with Gasteiger partial charge in [-0.15, -0.1) is 0 Å². The molecule has 0 bridgehead atoms. The van der Waals surface area contributed by atoms with Gasteiger partial charge in [0.1, 0.15) is 16.4 Å².